The molecule has 0 spiro atoms. The Kier molecular flexibility index (Phi) is 6.79. The average molecular weight is 449 g/mol. The number of ether oxygens (including phenoxy) is 3. The molecule has 0 unspecified atom stereocenters. The molecule has 9 heteroatoms. The van der Waals surface area contributed by atoms with E-state index in [1.54, 1.807) is 31.3 Å². The van der Waals surface area contributed by atoms with E-state index in [9.17, 15) is 9.59 Å². The molecule has 0 fully saturated rings. The number of amides is 1. The summed E-state index contributed by atoms with van der Waals surface area (Å²) < 4.78 is 17.4. The summed E-state index contributed by atoms with van der Waals surface area (Å²) in [5.41, 5.74) is 1.05. The minimum absolute atomic E-state index is 0.113. The molecule has 0 saturated carbocycles. The van der Waals surface area contributed by atoms with E-state index in [0.717, 1.165) is 5.39 Å². The van der Waals surface area contributed by atoms with Gasteiger partial charge in [-0.25, -0.2) is 0 Å². The number of halogens is 1. The lowest BCUT2D eigenvalue weighted by molar-refractivity contribution is -0.113. The molecule has 30 heavy (non-hydrogen) atoms. The standard InChI is InChI=1S/C21H21ClN2O5S/c1-24-15-7-12(22)5-6-14(15)18(10-20(24)26)30-11-19(25)23-13-8-16(27-2)21(29-4)17(9-13)28-3/h5-10H,11H2,1-4H3,(H,23,25). The highest BCUT2D eigenvalue weighted by Crippen LogP contribution is 2.40. The quantitative estimate of drug-likeness (QED) is 0.551. The summed E-state index contributed by atoms with van der Waals surface area (Å²) in [4.78, 5) is 25.5. The lowest BCUT2D eigenvalue weighted by Crippen LogP contribution is -2.17. The predicted molar refractivity (Wildman–Crippen MR) is 120 cm³/mol. The van der Waals surface area contributed by atoms with Gasteiger partial charge in [-0.05, 0) is 12.1 Å². The molecule has 0 radical (unpaired) electrons. The Balaban J connectivity index is 1.80. The van der Waals surface area contributed by atoms with Crippen molar-refractivity contribution in [3.05, 3.63) is 51.8 Å². The third-order valence-electron chi connectivity index (χ3n) is 4.48. The molecule has 0 aliphatic heterocycles. The molecule has 0 bridgehead atoms. The van der Waals surface area contributed by atoms with Crippen molar-refractivity contribution in [3.8, 4) is 17.2 Å². The fourth-order valence-corrected chi connectivity index (χ4v) is 4.05. The molecule has 1 aromatic heterocycles. The summed E-state index contributed by atoms with van der Waals surface area (Å²) in [5.74, 6) is 1.19. The summed E-state index contributed by atoms with van der Waals surface area (Å²) in [5, 5.41) is 4.21. The Morgan fingerprint density at radius 2 is 1.73 bits per heavy atom. The highest BCUT2D eigenvalue weighted by atomic mass is 35.5. The van der Waals surface area contributed by atoms with E-state index in [0.29, 0.717) is 38.4 Å². The number of nitrogens with zero attached hydrogens (tertiary/aromatic N) is 1. The largest absolute Gasteiger partial charge is 0.493 e. The molecule has 1 heterocycles. The van der Waals surface area contributed by atoms with E-state index in [4.69, 9.17) is 25.8 Å². The Labute approximate surface area is 182 Å². The van der Waals surface area contributed by atoms with Crippen LogP contribution in [0.2, 0.25) is 5.02 Å². The van der Waals surface area contributed by atoms with Gasteiger partial charge in [0.15, 0.2) is 11.5 Å². The van der Waals surface area contributed by atoms with Gasteiger partial charge in [-0.3, -0.25) is 9.59 Å². The summed E-state index contributed by atoms with van der Waals surface area (Å²) in [7, 11) is 6.21. The number of rotatable bonds is 7. The molecular formula is C21H21ClN2O5S. The predicted octanol–water partition coefficient (Wildman–Crippen LogP) is 3.95. The second-order valence-corrected chi connectivity index (χ2v) is 7.77. The zero-order chi connectivity index (χ0) is 21.8. The number of anilines is 1. The molecule has 0 atom stereocenters. The molecule has 158 valence electrons. The molecule has 0 aliphatic rings. The Morgan fingerprint density at radius 1 is 1.07 bits per heavy atom. The van der Waals surface area contributed by atoms with Gasteiger partial charge in [0.1, 0.15) is 0 Å². The van der Waals surface area contributed by atoms with Gasteiger partial charge in [-0.2, -0.15) is 0 Å². The first-order chi connectivity index (χ1) is 14.4. The highest BCUT2D eigenvalue weighted by Gasteiger charge is 2.15. The maximum atomic E-state index is 12.5. The van der Waals surface area contributed by atoms with Crippen molar-refractivity contribution < 1.29 is 19.0 Å². The third-order valence-corrected chi connectivity index (χ3v) is 5.77. The van der Waals surface area contributed by atoms with Gasteiger partial charge >= 0.3 is 0 Å². The van der Waals surface area contributed by atoms with Crippen LogP contribution in [0.5, 0.6) is 17.2 Å². The number of aryl methyl sites for hydroxylation is 1. The SMILES string of the molecule is COc1cc(NC(=O)CSc2cc(=O)n(C)c3cc(Cl)ccc23)cc(OC)c1OC. The monoisotopic (exact) mass is 448 g/mol. The van der Waals surface area contributed by atoms with Crippen molar-refractivity contribution in [3.63, 3.8) is 0 Å². The van der Waals surface area contributed by atoms with Crippen molar-refractivity contribution in [1.29, 1.82) is 0 Å². The van der Waals surface area contributed by atoms with Gasteiger partial charge in [0.05, 0.1) is 32.6 Å². The van der Waals surface area contributed by atoms with Crippen molar-refractivity contribution in [2.24, 2.45) is 7.05 Å². The molecule has 0 aliphatic carbocycles. The van der Waals surface area contributed by atoms with Gasteiger partial charge in [-0.15, -0.1) is 11.8 Å². The maximum absolute atomic E-state index is 12.5. The molecule has 1 N–H and O–H groups in total. The summed E-state index contributed by atoms with van der Waals surface area (Å²) in [6.45, 7) is 0. The fourth-order valence-electron chi connectivity index (χ4n) is 3.01. The van der Waals surface area contributed by atoms with Crippen molar-refractivity contribution in [2.45, 2.75) is 4.90 Å². The summed E-state index contributed by atoms with van der Waals surface area (Å²) in [6.07, 6.45) is 0. The smallest absolute Gasteiger partial charge is 0.251 e. The van der Waals surface area contributed by atoms with Crippen LogP contribution in [0.3, 0.4) is 0 Å². The molecule has 2 aromatic carbocycles. The number of hydrogen-bond donors (Lipinski definition) is 1. The molecule has 1 amide bonds. The van der Waals surface area contributed by atoms with Crippen LogP contribution < -0.4 is 25.1 Å². The van der Waals surface area contributed by atoms with Gasteiger partial charge in [0.2, 0.25) is 11.7 Å². The second-order valence-electron chi connectivity index (χ2n) is 6.32. The van der Waals surface area contributed by atoms with Crippen molar-refractivity contribution in [2.75, 3.05) is 32.4 Å². The van der Waals surface area contributed by atoms with E-state index < -0.39 is 0 Å². The lowest BCUT2D eigenvalue weighted by atomic mass is 10.2. The first-order valence-corrected chi connectivity index (χ1v) is 10.3. The third kappa shape index (κ3) is 4.49. The van der Waals surface area contributed by atoms with Gasteiger partial charge in [-0.1, -0.05) is 17.7 Å². The van der Waals surface area contributed by atoms with E-state index in [-0.39, 0.29) is 17.2 Å². The number of carbonyl (C=O) groups is 1. The zero-order valence-corrected chi connectivity index (χ0v) is 18.5. The van der Waals surface area contributed by atoms with Crippen LogP contribution >= 0.6 is 23.4 Å². The highest BCUT2D eigenvalue weighted by molar-refractivity contribution is 8.00. The van der Waals surface area contributed by atoms with Crippen LogP contribution in [-0.4, -0.2) is 37.6 Å². The minimum Gasteiger partial charge on any atom is -0.493 e. The molecule has 3 aromatic rings. The maximum Gasteiger partial charge on any atom is 0.251 e. The van der Waals surface area contributed by atoms with Gasteiger partial charge < -0.3 is 24.1 Å². The number of methoxy groups -OCH3 is 3. The summed E-state index contributed by atoms with van der Waals surface area (Å²) in [6, 6.07) is 10.2. The second kappa shape index (κ2) is 9.32. The fraction of sp³-hybridized carbons (Fsp3) is 0.238. The van der Waals surface area contributed by atoms with Gasteiger partial charge in [0, 0.05) is 46.2 Å². The number of hydrogen-bond acceptors (Lipinski definition) is 6. The number of pyridine rings is 1. The first-order valence-electron chi connectivity index (χ1n) is 8.90. The van der Waals surface area contributed by atoms with Crippen LogP contribution in [0.15, 0.2) is 46.1 Å². The van der Waals surface area contributed by atoms with E-state index in [1.165, 1.54) is 43.7 Å². The van der Waals surface area contributed by atoms with Crippen LogP contribution in [0.25, 0.3) is 10.9 Å². The van der Waals surface area contributed by atoms with Crippen LogP contribution in [0, 0.1) is 0 Å². The molecule has 0 saturated heterocycles. The number of fused-ring (bicyclic) bond motifs is 1. The zero-order valence-electron chi connectivity index (χ0n) is 16.9. The van der Waals surface area contributed by atoms with Crippen LogP contribution in [-0.2, 0) is 11.8 Å². The minimum atomic E-state index is -0.239. The Hall–Kier alpha value is -2.84. The van der Waals surface area contributed by atoms with E-state index in [2.05, 4.69) is 5.32 Å². The number of benzene rings is 2. The molecule has 7 nitrogen and oxygen atoms in total. The van der Waals surface area contributed by atoms with Crippen molar-refractivity contribution in [1.82, 2.24) is 4.57 Å². The molecular weight excluding hydrogens is 428 g/mol. The normalized spacial score (nSPS) is 10.7. The van der Waals surface area contributed by atoms with Crippen LogP contribution in [0.4, 0.5) is 5.69 Å². The Morgan fingerprint density at radius 3 is 2.33 bits per heavy atom. The molecule has 3 rings (SSSR count). The average Bonchev–Trinajstić information content (AvgIpc) is 2.74. The topological polar surface area (TPSA) is 78.8 Å². The number of thioether (sulfide) groups is 1. The van der Waals surface area contributed by atoms with Crippen molar-refractivity contribution >= 4 is 45.9 Å². The lowest BCUT2D eigenvalue weighted by Gasteiger charge is -2.15. The number of nitrogens with one attached hydrogen (secondary N) is 1. The number of aromatic nitrogens is 1. The number of carbonyl (C=O) groups excluding carboxylic acids is 1. The first kappa shape index (κ1) is 21.9. The van der Waals surface area contributed by atoms with E-state index >= 15 is 0 Å². The van der Waals surface area contributed by atoms with Gasteiger partial charge in [0.25, 0.3) is 5.56 Å². The Bertz CT molecular complexity index is 1140. The van der Waals surface area contributed by atoms with Crippen LogP contribution in [0.1, 0.15) is 0 Å². The van der Waals surface area contributed by atoms with E-state index in [1.807, 2.05) is 6.07 Å². The summed E-state index contributed by atoms with van der Waals surface area (Å²) >= 11 is 7.35.